The van der Waals surface area contributed by atoms with Crippen LogP contribution in [0.2, 0.25) is 0 Å². The fourth-order valence-electron chi connectivity index (χ4n) is 2.45. The van der Waals surface area contributed by atoms with Gasteiger partial charge < -0.3 is 15.2 Å². The molecule has 0 bridgehead atoms. The minimum Gasteiger partial charge on any atom is -0.380 e. The van der Waals surface area contributed by atoms with Crippen LogP contribution in [0, 0.1) is 0 Å². The van der Waals surface area contributed by atoms with Crippen molar-refractivity contribution >= 4 is 0 Å². The van der Waals surface area contributed by atoms with Gasteiger partial charge in [-0.15, -0.1) is 0 Å². The first-order valence-electron chi connectivity index (χ1n) is 7.75. The molecule has 1 heterocycles. The van der Waals surface area contributed by atoms with Gasteiger partial charge in [0.25, 0.3) is 0 Å². The van der Waals surface area contributed by atoms with Gasteiger partial charge in [0.1, 0.15) is 0 Å². The van der Waals surface area contributed by atoms with Crippen molar-refractivity contribution in [2.24, 2.45) is 5.73 Å². The van der Waals surface area contributed by atoms with Crippen LogP contribution in [0.4, 0.5) is 0 Å². The summed E-state index contributed by atoms with van der Waals surface area (Å²) in [6.45, 7) is 10.6. The van der Waals surface area contributed by atoms with Gasteiger partial charge in [0.2, 0.25) is 0 Å². The van der Waals surface area contributed by atoms with Crippen LogP contribution >= 0.6 is 0 Å². The molecule has 1 rings (SSSR count). The Bertz CT molecular complexity index is 350. The Balaban J connectivity index is 2.78. The van der Waals surface area contributed by atoms with E-state index in [1.807, 2.05) is 45.3 Å². The molecule has 0 aromatic carbocycles. The molecule has 1 aromatic rings. The molecule has 120 valence electrons. The number of aromatic nitrogens is 1. The maximum atomic E-state index is 6.23. The smallest absolute Gasteiger partial charge is 0.0593 e. The number of hydrogen-bond acceptors (Lipinski definition) is 5. The molecule has 0 radical (unpaired) electrons. The molecule has 1 aromatic heterocycles. The summed E-state index contributed by atoms with van der Waals surface area (Å²) in [5, 5.41) is 0. The van der Waals surface area contributed by atoms with E-state index >= 15 is 0 Å². The van der Waals surface area contributed by atoms with E-state index in [4.69, 9.17) is 15.2 Å². The summed E-state index contributed by atoms with van der Waals surface area (Å²) < 4.78 is 11.0. The number of nitrogens with zero attached hydrogens (tertiary/aromatic N) is 2. The monoisotopic (exact) mass is 295 g/mol. The minimum atomic E-state index is 0.0238. The van der Waals surface area contributed by atoms with E-state index in [9.17, 15) is 0 Å². The highest BCUT2D eigenvalue weighted by molar-refractivity contribution is 5.17. The summed E-state index contributed by atoms with van der Waals surface area (Å²) in [7, 11) is 0. The normalized spacial score (nSPS) is 14.3. The number of pyridine rings is 1. The van der Waals surface area contributed by atoms with E-state index in [-0.39, 0.29) is 12.1 Å². The molecule has 0 fully saturated rings. The Morgan fingerprint density at radius 1 is 1.10 bits per heavy atom. The van der Waals surface area contributed by atoms with Crippen molar-refractivity contribution < 1.29 is 9.47 Å². The molecule has 0 saturated carbocycles. The van der Waals surface area contributed by atoms with Crippen LogP contribution in [-0.2, 0) is 9.47 Å². The lowest BCUT2D eigenvalue weighted by atomic mass is 10.0. The van der Waals surface area contributed by atoms with Crippen LogP contribution in [0.5, 0.6) is 0 Å². The Hall–Kier alpha value is -1.01. The van der Waals surface area contributed by atoms with E-state index in [1.54, 1.807) is 0 Å². The fraction of sp³-hybridized carbons (Fsp3) is 0.688. The zero-order valence-electron chi connectivity index (χ0n) is 13.5. The van der Waals surface area contributed by atoms with Gasteiger partial charge in [-0.1, -0.05) is 0 Å². The molecule has 21 heavy (non-hydrogen) atoms. The minimum absolute atomic E-state index is 0.0238. The Morgan fingerprint density at radius 2 is 1.62 bits per heavy atom. The molecule has 0 aliphatic carbocycles. The average molecular weight is 295 g/mol. The van der Waals surface area contributed by atoms with Gasteiger partial charge in [0.05, 0.1) is 13.2 Å². The topological polar surface area (TPSA) is 60.6 Å². The average Bonchev–Trinajstić information content (AvgIpc) is 2.48. The molecule has 2 unspecified atom stereocenters. The highest BCUT2D eigenvalue weighted by Gasteiger charge is 2.23. The molecule has 0 saturated heterocycles. The van der Waals surface area contributed by atoms with E-state index < -0.39 is 0 Å². The summed E-state index contributed by atoms with van der Waals surface area (Å²) >= 11 is 0. The molecule has 0 amide bonds. The van der Waals surface area contributed by atoms with Crippen LogP contribution in [0.15, 0.2) is 24.5 Å². The van der Waals surface area contributed by atoms with Crippen LogP contribution in [-0.4, -0.2) is 55.4 Å². The molecular weight excluding hydrogens is 266 g/mol. The highest BCUT2D eigenvalue weighted by Crippen LogP contribution is 2.22. The third-order valence-electron chi connectivity index (χ3n) is 3.39. The van der Waals surface area contributed by atoms with Gasteiger partial charge in [0.15, 0.2) is 0 Å². The number of ether oxygens (including phenoxy) is 2. The largest absolute Gasteiger partial charge is 0.380 e. The molecule has 0 aliphatic heterocycles. The third-order valence-corrected chi connectivity index (χ3v) is 3.39. The van der Waals surface area contributed by atoms with Crippen molar-refractivity contribution in [1.29, 1.82) is 0 Å². The highest BCUT2D eigenvalue weighted by atomic mass is 16.5. The van der Waals surface area contributed by atoms with E-state index in [0.29, 0.717) is 13.2 Å². The van der Waals surface area contributed by atoms with Crippen molar-refractivity contribution in [2.75, 3.05) is 39.5 Å². The first-order chi connectivity index (χ1) is 10.2. The molecular formula is C16H29N3O2. The number of nitrogens with two attached hydrogens (primary N) is 1. The predicted molar refractivity (Wildman–Crippen MR) is 85.2 cm³/mol. The molecule has 2 N–H and O–H groups in total. The summed E-state index contributed by atoms with van der Waals surface area (Å²) in [6, 6.07) is 4.23. The first kappa shape index (κ1) is 18.0. The Labute approximate surface area is 128 Å². The van der Waals surface area contributed by atoms with Gasteiger partial charge in [-0.05, 0) is 38.5 Å². The zero-order valence-corrected chi connectivity index (χ0v) is 13.5. The van der Waals surface area contributed by atoms with Crippen LogP contribution in [0.1, 0.15) is 32.4 Å². The van der Waals surface area contributed by atoms with Crippen molar-refractivity contribution in [3.05, 3.63) is 30.1 Å². The lowest BCUT2D eigenvalue weighted by molar-refractivity contribution is 0.0573. The lowest BCUT2D eigenvalue weighted by Crippen LogP contribution is -2.42. The quantitative estimate of drug-likeness (QED) is 0.631. The van der Waals surface area contributed by atoms with Crippen molar-refractivity contribution in [1.82, 2.24) is 9.88 Å². The second kappa shape index (κ2) is 10.7. The van der Waals surface area contributed by atoms with Crippen molar-refractivity contribution in [3.63, 3.8) is 0 Å². The standard InChI is InChI=1S/C16H29N3O2/c1-4-20-12-10-19(11-13-21-5-2)16(14(3)17)15-6-8-18-9-7-15/h6-9,14,16H,4-5,10-13,17H2,1-3H3. The molecule has 5 heteroatoms. The molecule has 2 atom stereocenters. The van der Waals surface area contributed by atoms with Crippen molar-refractivity contribution in [2.45, 2.75) is 32.9 Å². The van der Waals surface area contributed by atoms with Crippen molar-refractivity contribution in [3.8, 4) is 0 Å². The second-order valence-corrected chi connectivity index (χ2v) is 5.01. The molecule has 0 spiro atoms. The third kappa shape index (κ3) is 6.52. The Morgan fingerprint density at radius 3 is 2.05 bits per heavy atom. The van der Waals surface area contributed by atoms with Gasteiger partial charge >= 0.3 is 0 Å². The molecule has 0 aliphatic rings. The first-order valence-corrected chi connectivity index (χ1v) is 7.75. The van der Waals surface area contributed by atoms with E-state index in [1.165, 1.54) is 5.56 Å². The number of hydrogen-bond donors (Lipinski definition) is 1. The Kier molecular flexibility index (Phi) is 9.17. The zero-order chi connectivity index (χ0) is 15.5. The second-order valence-electron chi connectivity index (χ2n) is 5.01. The number of rotatable bonds is 11. The maximum Gasteiger partial charge on any atom is 0.0593 e. The maximum absolute atomic E-state index is 6.23. The summed E-state index contributed by atoms with van der Waals surface area (Å²) in [5.74, 6) is 0. The van der Waals surface area contributed by atoms with E-state index in [2.05, 4.69) is 9.88 Å². The van der Waals surface area contributed by atoms with Gasteiger partial charge in [-0.25, -0.2) is 0 Å². The summed E-state index contributed by atoms with van der Waals surface area (Å²) in [5.41, 5.74) is 7.42. The van der Waals surface area contributed by atoms with E-state index in [0.717, 1.165) is 26.3 Å². The lowest BCUT2D eigenvalue weighted by Gasteiger charge is -2.34. The fourth-order valence-corrected chi connectivity index (χ4v) is 2.45. The van der Waals surface area contributed by atoms with Gasteiger partial charge in [-0.2, -0.15) is 0 Å². The summed E-state index contributed by atoms with van der Waals surface area (Å²) in [6.07, 6.45) is 3.63. The van der Waals surface area contributed by atoms with Crippen LogP contribution < -0.4 is 5.73 Å². The SMILES string of the molecule is CCOCCN(CCOCC)C(c1ccncc1)C(C)N. The van der Waals surface area contributed by atoms with Crippen LogP contribution in [0.3, 0.4) is 0 Å². The summed E-state index contributed by atoms with van der Waals surface area (Å²) in [4.78, 5) is 6.43. The van der Waals surface area contributed by atoms with Gasteiger partial charge in [0, 0.05) is 50.8 Å². The predicted octanol–water partition coefficient (Wildman–Crippen LogP) is 1.84. The molecule has 5 nitrogen and oxygen atoms in total. The van der Waals surface area contributed by atoms with Gasteiger partial charge in [-0.3, -0.25) is 9.88 Å². The van der Waals surface area contributed by atoms with Crippen LogP contribution in [0.25, 0.3) is 0 Å².